The Balaban J connectivity index is 3.67. The highest BCUT2D eigenvalue weighted by Gasteiger charge is 2.11. The van der Waals surface area contributed by atoms with E-state index in [0.29, 0.717) is 19.8 Å². The molecule has 0 fully saturated rings. The number of hydrogen-bond acceptors (Lipinski definition) is 5. The molecule has 0 aliphatic carbocycles. The molecule has 45 heavy (non-hydrogen) atoms. The molecule has 6 heteroatoms. The second kappa shape index (κ2) is 39.0. The molecule has 1 atom stereocenters. The van der Waals surface area contributed by atoms with Gasteiger partial charge in [0.05, 0.1) is 13.2 Å². The fourth-order valence-corrected chi connectivity index (χ4v) is 5.32. The molecule has 0 spiro atoms. The Morgan fingerprint density at radius 1 is 0.467 bits per heavy atom. The van der Waals surface area contributed by atoms with Crippen LogP contribution in [0.3, 0.4) is 0 Å². The van der Waals surface area contributed by atoms with Crippen molar-refractivity contribution in [3.8, 4) is 0 Å². The maximum Gasteiger partial charge on any atom is 0.257 e. The van der Waals surface area contributed by atoms with Crippen LogP contribution in [0.1, 0.15) is 168 Å². The first-order chi connectivity index (χ1) is 22.2. The molecular formula is C39H72O5S. The number of hydrogen-bond donors (Lipinski definition) is 1. The molecule has 0 aromatic rings. The van der Waals surface area contributed by atoms with Gasteiger partial charge in [-0.05, 0) is 77.0 Å². The van der Waals surface area contributed by atoms with Crippen molar-refractivity contribution in [2.45, 2.75) is 174 Å². The van der Waals surface area contributed by atoms with Gasteiger partial charge < -0.3 is 9.47 Å². The molecule has 0 N–H and O–H groups in total. The molecule has 0 aromatic heterocycles. The second-order valence-corrected chi connectivity index (χ2v) is 13.0. The van der Waals surface area contributed by atoms with E-state index in [1.807, 2.05) is 0 Å². The van der Waals surface area contributed by atoms with E-state index in [4.69, 9.17) is 13.7 Å². The maximum absolute atomic E-state index is 10.9. The number of unbranched alkanes of at least 4 members (excludes halogenated alkanes) is 18. The van der Waals surface area contributed by atoms with Gasteiger partial charge >= 0.3 is 0 Å². The standard InChI is InChI=1S/C39H72O5S/c1-3-5-7-9-11-13-15-17-19-21-23-25-27-29-31-33-35-42-37-39(38-44-45(40)41)43-36-34-32-30-28-26-24-22-20-18-16-14-12-10-8-6-4-2/h11-14,17-20,39,45H,3-10,15-16,21-38H2,1-2H3/b13-11-,14-12-,19-17-,20-18-. The van der Waals surface area contributed by atoms with E-state index >= 15 is 0 Å². The minimum absolute atomic E-state index is 0.0323. The van der Waals surface area contributed by atoms with Crippen LogP contribution < -0.4 is 0 Å². The summed E-state index contributed by atoms with van der Waals surface area (Å²) < 4.78 is 38.3. The van der Waals surface area contributed by atoms with Gasteiger partial charge in [0.1, 0.15) is 6.10 Å². The molecule has 0 radical (unpaired) electrons. The fourth-order valence-electron chi connectivity index (χ4n) is 5.04. The smallest absolute Gasteiger partial charge is 0.257 e. The first kappa shape index (κ1) is 43.8. The van der Waals surface area contributed by atoms with Crippen molar-refractivity contribution in [3.05, 3.63) is 48.6 Å². The Hall–Kier alpha value is -1.21. The average molecular weight is 653 g/mol. The van der Waals surface area contributed by atoms with Crippen LogP contribution >= 0.6 is 0 Å². The summed E-state index contributed by atoms with van der Waals surface area (Å²) in [5.74, 6) is 0. The van der Waals surface area contributed by atoms with E-state index in [9.17, 15) is 8.42 Å². The van der Waals surface area contributed by atoms with E-state index < -0.39 is 11.0 Å². The van der Waals surface area contributed by atoms with Gasteiger partial charge in [-0.3, -0.25) is 4.18 Å². The highest BCUT2D eigenvalue weighted by Crippen LogP contribution is 2.11. The van der Waals surface area contributed by atoms with Crippen LogP contribution in [0.2, 0.25) is 0 Å². The first-order valence-electron chi connectivity index (χ1n) is 18.8. The third-order valence-corrected chi connectivity index (χ3v) is 8.22. The monoisotopic (exact) mass is 653 g/mol. The van der Waals surface area contributed by atoms with E-state index in [1.54, 1.807) is 0 Å². The zero-order valence-corrected chi connectivity index (χ0v) is 30.4. The van der Waals surface area contributed by atoms with Crippen LogP contribution in [-0.2, 0) is 24.6 Å². The molecule has 1 unspecified atom stereocenters. The lowest BCUT2D eigenvalue weighted by Gasteiger charge is -2.17. The third kappa shape index (κ3) is 38.9. The largest absolute Gasteiger partial charge is 0.379 e. The van der Waals surface area contributed by atoms with Crippen molar-refractivity contribution >= 4 is 11.0 Å². The van der Waals surface area contributed by atoms with Crippen molar-refractivity contribution in [2.24, 2.45) is 0 Å². The Morgan fingerprint density at radius 3 is 1.31 bits per heavy atom. The van der Waals surface area contributed by atoms with E-state index in [1.165, 1.54) is 122 Å². The third-order valence-electron chi connectivity index (χ3n) is 7.86. The van der Waals surface area contributed by atoms with Gasteiger partial charge in [0.2, 0.25) is 0 Å². The highest BCUT2D eigenvalue weighted by atomic mass is 32.2. The predicted octanol–water partition coefficient (Wildman–Crippen LogP) is 11.6. The van der Waals surface area contributed by atoms with Crippen molar-refractivity contribution < 1.29 is 22.1 Å². The van der Waals surface area contributed by atoms with Gasteiger partial charge in [0.25, 0.3) is 11.0 Å². The Morgan fingerprint density at radius 2 is 0.867 bits per heavy atom. The zero-order valence-electron chi connectivity index (χ0n) is 29.5. The van der Waals surface area contributed by atoms with E-state index in [-0.39, 0.29) is 12.7 Å². The summed E-state index contributed by atoms with van der Waals surface area (Å²) in [4.78, 5) is 0. The lowest BCUT2D eigenvalue weighted by molar-refractivity contribution is -0.0372. The Kier molecular flexibility index (Phi) is 37.9. The summed E-state index contributed by atoms with van der Waals surface area (Å²) in [5.41, 5.74) is 0. The Labute approximate surface area is 281 Å². The number of rotatable bonds is 36. The summed E-state index contributed by atoms with van der Waals surface area (Å²) >= 11 is 0. The Bertz CT molecular complexity index is 763. The molecule has 0 aromatic carbocycles. The van der Waals surface area contributed by atoms with Crippen LogP contribution in [0.25, 0.3) is 0 Å². The minimum Gasteiger partial charge on any atom is -0.379 e. The SMILES string of the molecule is CCCCC/C=C\C/C=C\CCCCCCCCOCC(CO[SH](=O)=O)OCCCCCCCC/C=C\C/C=C\CCCCC. The van der Waals surface area contributed by atoms with Gasteiger partial charge in [0, 0.05) is 13.2 Å². The van der Waals surface area contributed by atoms with Crippen LogP contribution in [0, 0.1) is 0 Å². The van der Waals surface area contributed by atoms with Crippen molar-refractivity contribution in [3.63, 3.8) is 0 Å². The predicted molar refractivity (Wildman–Crippen MR) is 196 cm³/mol. The zero-order chi connectivity index (χ0) is 32.7. The molecule has 5 nitrogen and oxygen atoms in total. The molecule has 0 aliphatic heterocycles. The summed E-state index contributed by atoms with van der Waals surface area (Å²) in [6.45, 7) is 6.21. The molecule has 0 amide bonds. The van der Waals surface area contributed by atoms with E-state index in [2.05, 4.69) is 62.5 Å². The quantitative estimate of drug-likeness (QED) is 0.0414. The van der Waals surface area contributed by atoms with Gasteiger partial charge in [-0.1, -0.05) is 140 Å². The number of ether oxygens (including phenoxy) is 2. The molecule has 0 rings (SSSR count). The second-order valence-electron chi connectivity index (χ2n) is 12.3. The molecule has 0 bridgehead atoms. The molecule has 0 aliphatic rings. The lowest BCUT2D eigenvalue weighted by Crippen LogP contribution is -2.26. The number of thiol groups is 1. The minimum atomic E-state index is -2.86. The van der Waals surface area contributed by atoms with Crippen molar-refractivity contribution in [1.29, 1.82) is 0 Å². The summed E-state index contributed by atoms with van der Waals surface area (Å²) in [5, 5.41) is 0. The highest BCUT2D eigenvalue weighted by molar-refractivity contribution is 7.67. The normalized spacial score (nSPS) is 13.1. The lowest BCUT2D eigenvalue weighted by atomic mass is 10.1. The van der Waals surface area contributed by atoms with Crippen molar-refractivity contribution in [1.82, 2.24) is 0 Å². The maximum atomic E-state index is 10.9. The summed E-state index contributed by atoms with van der Waals surface area (Å²) in [7, 11) is -2.86. The average Bonchev–Trinajstić information content (AvgIpc) is 3.04. The first-order valence-corrected chi connectivity index (χ1v) is 19.9. The van der Waals surface area contributed by atoms with Crippen LogP contribution in [0.5, 0.6) is 0 Å². The van der Waals surface area contributed by atoms with Crippen LogP contribution in [0.4, 0.5) is 0 Å². The molecule has 0 saturated heterocycles. The van der Waals surface area contributed by atoms with Crippen LogP contribution in [-0.4, -0.2) is 40.9 Å². The molecule has 264 valence electrons. The van der Waals surface area contributed by atoms with Crippen molar-refractivity contribution in [2.75, 3.05) is 26.4 Å². The van der Waals surface area contributed by atoms with Gasteiger partial charge in [0.15, 0.2) is 0 Å². The molecule has 0 saturated carbocycles. The topological polar surface area (TPSA) is 61.8 Å². The summed E-state index contributed by atoms with van der Waals surface area (Å²) in [6, 6.07) is 0. The number of allylic oxidation sites excluding steroid dienone is 8. The van der Waals surface area contributed by atoms with Gasteiger partial charge in [-0.2, -0.15) is 0 Å². The summed E-state index contributed by atoms with van der Waals surface area (Å²) in [6.07, 6.45) is 47.3. The van der Waals surface area contributed by atoms with E-state index in [0.717, 1.165) is 32.1 Å². The van der Waals surface area contributed by atoms with Gasteiger partial charge in [-0.15, -0.1) is 0 Å². The molecular weight excluding hydrogens is 580 g/mol. The molecule has 0 heterocycles. The fraction of sp³-hybridized carbons (Fsp3) is 0.795. The van der Waals surface area contributed by atoms with Crippen LogP contribution in [0.15, 0.2) is 48.6 Å². The van der Waals surface area contributed by atoms with Gasteiger partial charge in [-0.25, -0.2) is 8.42 Å².